The number of nitrogens with zero attached hydrogens (tertiary/aromatic N) is 2. The van der Waals surface area contributed by atoms with Crippen molar-refractivity contribution >= 4 is 5.69 Å². The summed E-state index contributed by atoms with van der Waals surface area (Å²) in [6.45, 7) is 5.81. The molecule has 96 valence electrons. The molecule has 1 aromatic carbocycles. The highest BCUT2D eigenvalue weighted by atomic mass is 16.5. The van der Waals surface area contributed by atoms with Gasteiger partial charge in [0.25, 0.3) is 0 Å². The zero-order chi connectivity index (χ0) is 13.0. The first-order valence-electron chi connectivity index (χ1n) is 6.12. The molecule has 0 spiro atoms. The molecule has 0 saturated carbocycles. The number of anilines is 1. The fraction of sp³-hybridized carbons (Fsp3) is 0.357. The molecule has 0 fully saturated rings. The van der Waals surface area contributed by atoms with Crippen molar-refractivity contribution in [3.8, 4) is 5.75 Å². The molecule has 0 amide bonds. The highest BCUT2D eigenvalue weighted by Crippen LogP contribution is 2.21. The van der Waals surface area contributed by atoms with E-state index in [9.17, 15) is 0 Å². The van der Waals surface area contributed by atoms with Gasteiger partial charge in [-0.15, -0.1) is 0 Å². The summed E-state index contributed by atoms with van der Waals surface area (Å²) in [5.41, 5.74) is 3.41. The topological polar surface area (TPSA) is 39.1 Å². The van der Waals surface area contributed by atoms with Gasteiger partial charge in [0, 0.05) is 30.5 Å². The van der Waals surface area contributed by atoms with Gasteiger partial charge in [-0.25, -0.2) is 0 Å². The summed E-state index contributed by atoms with van der Waals surface area (Å²) in [5.74, 6) is 0.916. The van der Waals surface area contributed by atoms with Crippen LogP contribution in [-0.2, 0) is 13.1 Å². The minimum atomic E-state index is 0.784. The molecule has 1 N–H and O–H groups in total. The predicted molar refractivity (Wildman–Crippen MR) is 73.0 cm³/mol. The van der Waals surface area contributed by atoms with Gasteiger partial charge >= 0.3 is 0 Å². The van der Waals surface area contributed by atoms with E-state index in [1.165, 1.54) is 5.56 Å². The Hall–Kier alpha value is -1.97. The van der Waals surface area contributed by atoms with Crippen molar-refractivity contribution in [2.24, 2.45) is 0 Å². The maximum Gasteiger partial charge on any atom is 0.121 e. The number of benzene rings is 1. The van der Waals surface area contributed by atoms with Crippen molar-refractivity contribution in [1.82, 2.24) is 9.78 Å². The van der Waals surface area contributed by atoms with Crippen LogP contribution in [0.2, 0.25) is 0 Å². The van der Waals surface area contributed by atoms with Crippen molar-refractivity contribution in [2.45, 2.75) is 26.9 Å². The van der Waals surface area contributed by atoms with E-state index >= 15 is 0 Å². The Labute approximate surface area is 108 Å². The number of methoxy groups -OCH3 is 1. The molecule has 0 bridgehead atoms. The summed E-state index contributed by atoms with van der Waals surface area (Å²) < 4.78 is 7.17. The number of ether oxygens (including phenoxy) is 1. The quantitative estimate of drug-likeness (QED) is 0.880. The monoisotopic (exact) mass is 245 g/mol. The van der Waals surface area contributed by atoms with Crippen LogP contribution in [0.15, 0.2) is 30.6 Å². The second-order valence-electron chi connectivity index (χ2n) is 4.24. The van der Waals surface area contributed by atoms with Gasteiger partial charge in [-0.1, -0.05) is 0 Å². The number of rotatable bonds is 5. The molecule has 18 heavy (non-hydrogen) atoms. The van der Waals surface area contributed by atoms with Crippen LogP contribution < -0.4 is 10.1 Å². The largest absolute Gasteiger partial charge is 0.496 e. The summed E-state index contributed by atoms with van der Waals surface area (Å²) in [6, 6.07) is 6.09. The summed E-state index contributed by atoms with van der Waals surface area (Å²) in [4.78, 5) is 0. The van der Waals surface area contributed by atoms with E-state index in [1.807, 2.05) is 29.9 Å². The van der Waals surface area contributed by atoms with E-state index in [0.29, 0.717) is 0 Å². The number of hydrogen-bond acceptors (Lipinski definition) is 3. The van der Waals surface area contributed by atoms with Crippen LogP contribution in [0.5, 0.6) is 5.75 Å². The molecule has 0 aliphatic heterocycles. The molecule has 0 unspecified atom stereocenters. The average molecular weight is 245 g/mol. The summed E-state index contributed by atoms with van der Waals surface area (Å²) in [7, 11) is 1.69. The standard InChI is InChI=1S/C14H19N3O/c1-4-17-10-12(9-16-17)8-15-13-5-6-14(18-3)11(2)7-13/h5-7,9-10,15H,4,8H2,1-3H3. The molecule has 0 aliphatic carbocycles. The Balaban J connectivity index is 1.99. The molecule has 4 nitrogen and oxygen atoms in total. The van der Waals surface area contributed by atoms with Crippen molar-refractivity contribution in [3.63, 3.8) is 0 Å². The first-order chi connectivity index (χ1) is 8.72. The molecule has 2 aromatic rings. The second kappa shape index (κ2) is 5.58. The van der Waals surface area contributed by atoms with Gasteiger partial charge in [-0.3, -0.25) is 4.68 Å². The lowest BCUT2D eigenvalue weighted by atomic mass is 10.2. The van der Waals surface area contributed by atoms with Crippen LogP contribution in [0.1, 0.15) is 18.1 Å². The van der Waals surface area contributed by atoms with Gasteiger partial charge in [-0.05, 0) is 37.6 Å². The molecule has 0 saturated heterocycles. The highest BCUT2D eigenvalue weighted by Gasteiger charge is 2.01. The summed E-state index contributed by atoms with van der Waals surface area (Å²) in [6.07, 6.45) is 3.95. The summed E-state index contributed by atoms with van der Waals surface area (Å²) >= 11 is 0. The smallest absolute Gasteiger partial charge is 0.121 e. The molecule has 1 heterocycles. The van der Waals surface area contributed by atoms with Gasteiger partial charge in [0.2, 0.25) is 0 Å². The Morgan fingerprint density at radius 3 is 2.83 bits per heavy atom. The SMILES string of the molecule is CCn1cc(CNc2ccc(OC)c(C)c2)cn1. The minimum Gasteiger partial charge on any atom is -0.496 e. The third-order valence-corrected chi connectivity index (χ3v) is 2.90. The first-order valence-corrected chi connectivity index (χ1v) is 6.12. The van der Waals surface area contributed by atoms with Gasteiger partial charge in [-0.2, -0.15) is 5.10 Å². The average Bonchev–Trinajstić information content (AvgIpc) is 2.84. The zero-order valence-corrected chi connectivity index (χ0v) is 11.1. The number of hydrogen-bond donors (Lipinski definition) is 1. The lowest BCUT2D eigenvalue weighted by molar-refractivity contribution is 0.412. The van der Waals surface area contributed by atoms with Crippen LogP contribution in [0, 0.1) is 6.92 Å². The van der Waals surface area contributed by atoms with Crippen LogP contribution in [0.4, 0.5) is 5.69 Å². The van der Waals surface area contributed by atoms with Crippen LogP contribution in [-0.4, -0.2) is 16.9 Å². The Kier molecular flexibility index (Phi) is 3.87. The maximum atomic E-state index is 5.24. The van der Waals surface area contributed by atoms with Gasteiger partial charge in [0.05, 0.1) is 13.3 Å². The van der Waals surface area contributed by atoms with E-state index in [1.54, 1.807) is 7.11 Å². The van der Waals surface area contributed by atoms with E-state index in [-0.39, 0.29) is 0 Å². The van der Waals surface area contributed by atoms with Gasteiger partial charge < -0.3 is 10.1 Å². The van der Waals surface area contributed by atoms with Crippen molar-refractivity contribution in [3.05, 3.63) is 41.7 Å². The summed E-state index contributed by atoms with van der Waals surface area (Å²) in [5, 5.41) is 7.63. The van der Waals surface area contributed by atoms with E-state index in [2.05, 4.69) is 29.6 Å². The molecular weight excluding hydrogens is 226 g/mol. The lowest BCUT2D eigenvalue weighted by Gasteiger charge is -2.09. The molecule has 0 aliphatic rings. The predicted octanol–water partition coefficient (Wildman–Crippen LogP) is 2.83. The molecule has 0 radical (unpaired) electrons. The third-order valence-electron chi connectivity index (χ3n) is 2.90. The lowest BCUT2D eigenvalue weighted by Crippen LogP contribution is -1.99. The molecule has 2 rings (SSSR count). The first kappa shape index (κ1) is 12.5. The molecule has 1 aromatic heterocycles. The normalized spacial score (nSPS) is 10.4. The van der Waals surface area contributed by atoms with E-state index in [0.717, 1.165) is 30.1 Å². The highest BCUT2D eigenvalue weighted by molar-refractivity contribution is 5.50. The second-order valence-corrected chi connectivity index (χ2v) is 4.24. The van der Waals surface area contributed by atoms with Crippen LogP contribution in [0.3, 0.4) is 0 Å². The number of aromatic nitrogens is 2. The van der Waals surface area contributed by atoms with E-state index < -0.39 is 0 Å². The molecular formula is C14H19N3O. The van der Waals surface area contributed by atoms with Crippen molar-refractivity contribution < 1.29 is 4.74 Å². The number of nitrogens with one attached hydrogen (secondary N) is 1. The number of aryl methyl sites for hydroxylation is 2. The minimum absolute atomic E-state index is 0.784. The van der Waals surface area contributed by atoms with Gasteiger partial charge in [0.15, 0.2) is 0 Å². The Morgan fingerprint density at radius 1 is 1.39 bits per heavy atom. The fourth-order valence-corrected chi connectivity index (χ4v) is 1.86. The fourth-order valence-electron chi connectivity index (χ4n) is 1.86. The van der Waals surface area contributed by atoms with Crippen LogP contribution in [0.25, 0.3) is 0 Å². The molecule has 0 atom stereocenters. The third kappa shape index (κ3) is 2.83. The van der Waals surface area contributed by atoms with Crippen molar-refractivity contribution in [2.75, 3.05) is 12.4 Å². The molecule has 4 heteroatoms. The van der Waals surface area contributed by atoms with E-state index in [4.69, 9.17) is 4.74 Å². The zero-order valence-electron chi connectivity index (χ0n) is 11.1. The van der Waals surface area contributed by atoms with Gasteiger partial charge in [0.1, 0.15) is 5.75 Å². The maximum absolute atomic E-state index is 5.24. The van der Waals surface area contributed by atoms with Crippen molar-refractivity contribution in [1.29, 1.82) is 0 Å². The van der Waals surface area contributed by atoms with Crippen LogP contribution >= 0.6 is 0 Å². The Morgan fingerprint density at radius 2 is 2.22 bits per heavy atom. The Bertz CT molecular complexity index is 520.